The van der Waals surface area contributed by atoms with Gasteiger partial charge in [0.2, 0.25) is 0 Å². The normalized spacial score (nSPS) is 10.8. The number of hydrogen-bond acceptors (Lipinski definition) is 8. The predicted molar refractivity (Wildman–Crippen MR) is 120 cm³/mol. The number of halogens is 2. The van der Waals surface area contributed by atoms with Crippen LogP contribution in [0, 0.1) is 26.0 Å². The summed E-state index contributed by atoms with van der Waals surface area (Å²) in [4.78, 5) is 20.6. The van der Waals surface area contributed by atoms with E-state index in [4.69, 9.17) is 21.1 Å². The number of benzene rings is 3. The minimum atomic E-state index is -0.752. The van der Waals surface area contributed by atoms with E-state index in [9.17, 15) is 24.6 Å². The lowest BCUT2D eigenvalue weighted by Crippen LogP contribution is -2.00. The van der Waals surface area contributed by atoms with Crippen LogP contribution in [0.2, 0.25) is 5.02 Å². The van der Waals surface area contributed by atoms with Crippen molar-refractivity contribution in [2.24, 2.45) is 5.10 Å². The standard InChI is InChI=1S/C21H16ClFN4O6/c1-32-20-9-14(8-17(22)21(20)33-12-13-2-4-15(23)5-3-13)11-24-25-18-7-6-16(26(28)29)10-19(18)27(30)31/h2-11,25H,12H2,1H3/b24-11-. The zero-order valence-electron chi connectivity index (χ0n) is 17.0. The second-order valence-corrected chi connectivity index (χ2v) is 6.94. The summed E-state index contributed by atoms with van der Waals surface area (Å²) in [5, 5.41) is 26.2. The van der Waals surface area contributed by atoms with Gasteiger partial charge in [0.25, 0.3) is 5.69 Å². The smallest absolute Gasteiger partial charge is 0.301 e. The Balaban J connectivity index is 1.76. The topological polar surface area (TPSA) is 129 Å². The largest absolute Gasteiger partial charge is 0.493 e. The monoisotopic (exact) mass is 474 g/mol. The SMILES string of the molecule is COc1cc(/C=N\Nc2ccc([N+](=O)[O-])cc2[N+](=O)[O-])cc(Cl)c1OCc1ccc(F)cc1. The molecule has 3 rings (SSSR count). The second-order valence-electron chi connectivity index (χ2n) is 6.53. The van der Waals surface area contributed by atoms with Crippen LogP contribution in [0.25, 0.3) is 0 Å². The number of ether oxygens (including phenoxy) is 2. The molecule has 0 fully saturated rings. The number of non-ortho nitro benzene ring substituents is 1. The average Bonchev–Trinajstić information content (AvgIpc) is 2.79. The van der Waals surface area contributed by atoms with Gasteiger partial charge in [0.15, 0.2) is 11.5 Å². The van der Waals surface area contributed by atoms with Gasteiger partial charge in [-0.2, -0.15) is 5.10 Å². The molecule has 0 aliphatic heterocycles. The summed E-state index contributed by atoms with van der Waals surface area (Å²) in [7, 11) is 1.43. The lowest BCUT2D eigenvalue weighted by atomic mass is 10.2. The van der Waals surface area contributed by atoms with Crippen LogP contribution in [0.1, 0.15) is 11.1 Å². The lowest BCUT2D eigenvalue weighted by molar-refractivity contribution is -0.393. The molecule has 3 aromatic rings. The molecule has 0 spiro atoms. The summed E-state index contributed by atoms with van der Waals surface area (Å²) in [5.41, 5.74) is 2.77. The number of hydrogen-bond donors (Lipinski definition) is 1. The molecule has 10 nitrogen and oxygen atoms in total. The Morgan fingerprint density at radius 1 is 1.09 bits per heavy atom. The second kappa shape index (κ2) is 10.4. The van der Waals surface area contributed by atoms with Crippen molar-refractivity contribution in [2.75, 3.05) is 12.5 Å². The molecule has 0 heterocycles. The van der Waals surface area contributed by atoms with Crippen molar-refractivity contribution in [2.45, 2.75) is 6.61 Å². The third-order valence-corrected chi connectivity index (χ3v) is 4.62. The molecule has 0 saturated heterocycles. The summed E-state index contributed by atoms with van der Waals surface area (Å²) >= 11 is 6.31. The highest BCUT2D eigenvalue weighted by Crippen LogP contribution is 2.36. The molecule has 1 N–H and O–H groups in total. The highest BCUT2D eigenvalue weighted by molar-refractivity contribution is 6.32. The van der Waals surface area contributed by atoms with Gasteiger partial charge in [-0.3, -0.25) is 25.7 Å². The predicted octanol–water partition coefficient (Wildman–Crippen LogP) is 5.33. The summed E-state index contributed by atoms with van der Waals surface area (Å²) < 4.78 is 24.1. The van der Waals surface area contributed by atoms with Gasteiger partial charge in [0, 0.05) is 6.07 Å². The lowest BCUT2D eigenvalue weighted by Gasteiger charge is -2.13. The van der Waals surface area contributed by atoms with Crippen LogP contribution in [0.15, 0.2) is 59.7 Å². The number of nitrogens with one attached hydrogen (secondary N) is 1. The Kier molecular flexibility index (Phi) is 7.36. The van der Waals surface area contributed by atoms with Crippen LogP contribution in [-0.2, 0) is 6.61 Å². The molecule has 0 unspecified atom stereocenters. The fourth-order valence-electron chi connectivity index (χ4n) is 2.75. The molecule has 0 atom stereocenters. The molecule has 3 aromatic carbocycles. The third kappa shape index (κ3) is 5.92. The van der Waals surface area contributed by atoms with Crippen LogP contribution in [0.3, 0.4) is 0 Å². The van der Waals surface area contributed by atoms with Gasteiger partial charge in [-0.15, -0.1) is 0 Å². The Bertz CT molecular complexity index is 1220. The average molecular weight is 475 g/mol. The molecule has 0 aliphatic rings. The summed E-state index contributed by atoms with van der Waals surface area (Å²) in [6.45, 7) is 0.134. The Labute approximate surface area is 191 Å². The van der Waals surface area contributed by atoms with Crippen molar-refractivity contribution < 1.29 is 23.7 Å². The molecule has 0 amide bonds. The van der Waals surface area contributed by atoms with Crippen LogP contribution in [-0.4, -0.2) is 23.2 Å². The minimum absolute atomic E-state index is 0.0286. The zero-order valence-corrected chi connectivity index (χ0v) is 17.8. The number of methoxy groups -OCH3 is 1. The molecule has 33 heavy (non-hydrogen) atoms. The number of anilines is 1. The first kappa shape index (κ1) is 23.4. The number of rotatable bonds is 9. The molecule has 170 valence electrons. The van der Waals surface area contributed by atoms with E-state index in [0.717, 1.165) is 17.7 Å². The maximum Gasteiger partial charge on any atom is 0.301 e. The van der Waals surface area contributed by atoms with Gasteiger partial charge in [-0.25, -0.2) is 4.39 Å². The van der Waals surface area contributed by atoms with Gasteiger partial charge >= 0.3 is 5.69 Å². The van der Waals surface area contributed by atoms with E-state index in [1.807, 2.05) is 0 Å². The van der Waals surface area contributed by atoms with Gasteiger partial charge in [0.1, 0.15) is 18.1 Å². The zero-order chi connectivity index (χ0) is 24.0. The molecule has 0 saturated carbocycles. The molecular weight excluding hydrogens is 459 g/mol. The first-order valence-corrected chi connectivity index (χ1v) is 9.63. The van der Waals surface area contributed by atoms with Crippen molar-refractivity contribution in [1.29, 1.82) is 0 Å². The highest BCUT2D eigenvalue weighted by Gasteiger charge is 2.19. The van der Waals surface area contributed by atoms with E-state index in [-0.39, 0.29) is 28.9 Å². The third-order valence-electron chi connectivity index (χ3n) is 4.34. The Morgan fingerprint density at radius 3 is 2.45 bits per heavy atom. The molecule has 0 radical (unpaired) electrons. The number of nitro benzene ring substituents is 2. The number of nitro groups is 2. The summed E-state index contributed by atoms with van der Waals surface area (Å²) in [6, 6.07) is 12.1. The summed E-state index contributed by atoms with van der Waals surface area (Å²) in [6.07, 6.45) is 1.34. The Morgan fingerprint density at radius 2 is 1.82 bits per heavy atom. The quantitative estimate of drug-likeness (QED) is 0.252. The molecule has 0 aromatic heterocycles. The van der Waals surface area contributed by atoms with Gasteiger partial charge in [-0.05, 0) is 41.5 Å². The van der Waals surface area contributed by atoms with Crippen molar-refractivity contribution in [3.05, 3.63) is 96.8 Å². The maximum absolute atomic E-state index is 13.0. The molecular formula is C21H16ClFN4O6. The van der Waals surface area contributed by atoms with E-state index in [1.165, 1.54) is 31.5 Å². The first-order valence-electron chi connectivity index (χ1n) is 9.25. The fraction of sp³-hybridized carbons (Fsp3) is 0.0952. The number of hydrazone groups is 1. The van der Waals surface area contributed by atoms with Crippen LogP contribution in [0.5, 0.6) is 11.5 Å². The minimum Gasteiger partial charge on any atom is -0.493 e. The van der Waals surface area contributed by atoms with Gasteiger partial charge < -0.3 is 9.47 Å². The van der Waals surface area contributed by atoms with E-state index in [1.54, 1.807) is 24.3 Å². The van der Waals surface area contributed by atoms with Crippen LogP contribution < -0.4 is 14.9 Å². The number of nitrogens with zero attached hydrogens (tertiary/aromatic N) is 3. The van der Waals surface area contributed by atoms with Crippen LogP contribution >= 0.6 is 11.6 Å². The fourth-order valence-corrected chi connectivity index (χ4v) is 3.02. The van der Waals surface area contributed by atoms with E-state index >= 15 is 0 Å². The van der Waals surface area contributed by atoms with Crippen molar-refractivity contribution in [3.8, 4) is 11.5 Å². The highest BCUT2D eigenvalue weighted by atomic mass is 35.5. The molecule has 0 bridgehead atoms. The summed E-state index contributed by atoms with van der Waals surface area (Å²) in [5.74, 6) is 0.234. The molecule has 12 heteroatoms. The van der Waals surface area contributed by atoms with E-state index < -0.39 is 21.2 Å². The van der Waals surface area contributed by atoms with Crippen molar-refractivity contribution in [3.63, 3.8) is 0 Å². The molecule has 0 aliphatic carbocycles. The Hall–Kier alpha value is -4.25. The van der Waals surface area contributed by atoms with Crippen LogP contribution in [0.4, 0.5) is 21.5 Å². The van der Waals surface area contributed by atoms with Gasteiger partial charge in [0.05, 0.1) is 34.3 Å². The van der Waals surface area contributed by atoms with Crippen molar-refractivity contribution in [1.82, 2.24) is 0 Å². The van der Waals surface area contributed by atoms with E-state index in [2.05, 4.69) is 10.5 Å². The van der Waals surface area contributed by atoms with E-state index in [0.29, 0.717) is 11.3 Å². The van der Waals surface area contributed by atoms with Crippen molar-refractivity contribution >= 4 is 34.9 Å². The van der Waals surface area contributed by atoms with Gasteiger partial charge in [-0.1, -0.05) is 23.7 Å². The first-order chi connectivity index (χ1) is 15.8. The maximum atomic E-state index is 13.0.